The molecule has 0 unspecified atom stereocenters. The fraction of sp³-hybridized carbons (Fsp3) is 0.200. The summed E-state index contributed by atoms with van der Waals surface area (Å²) in [4.78, 5) is 42.2. The minimum atomic E-state index is -0.688. The van der Waals surface area contributed by atoms with E-state index in [1.807, 2.05) is 0 Å². The van der Waals surface area contributed by atoms with Crippen molar-refractivity contribution in [3.63, 3.8) is 0 Å². The summed E-state index contributed by atoms with van der Waals surface area (Å²) in [5.41, 5.74) is 1.63. The van der Waals surface area contributed by atoms with Gasteiger partial charge < -0.3 is 24.4 Å². The third kappa shape index (κ3) is 4.41. The molecule has 29 heavy (non-hydrogen) atoms. The summed E-state index contributed by atoms with van der Waals surface area (Å²) in [5, 5.41) is 2.74. The Kier molecular flexibility index (Phi) is 6.20. The third-order valence-electron chi connectivity index (χ3n) is 4.19. The molecule has 1 aromatic carbocycles. The number of carbonyl (C=O) groups excluding carboxylic acids is 3. The number of pyridine rings is 1. The summed E-state index contributed by atoms with van der Waals surface area (Å²) < 4.78 is 15.0. The van der Waals surface area contributed by atoms with Crippen LogP contribution in [0.2, 0.25) is 0 Å². The Hall–Kier alpha value is -3.72. The van der Waals surface area contributed by atoms with Crippen LogP contribution >= 0.6 is 0 Å². The van der Waals surface area contributed by atoms with Crippen LogP contribution in [0.15, 0.2) is 60.1 Å². The molecule has 0 fully saturated rings. The highest BCUT2D eigenvalue weighted by Gasteiger charge is 2.32. The molecule has 1 amide bonds. The van der Waals surface area contributed by atoms with Gasteiger partial charge >= 0.3 is 11.9 Å². The van der Waals surface area contributed by atoms with Gasteiger partial charge in [-0.05, 0) is 36.4 Å². The maximum Gasteiger partial charge on any atom is 0.355 e. The quantitative estimate of drug-likeness (QED) is 0.760. The Labute approximate surface area is 166 Å². The molecular weight excluding hydrogens is 378 g/mol. The van der Waals surface area contributed by atoms with E-state index in [4.69, 9.17) is 14.2 Å². The van der Waals surface area contributed by atoms with Crippen molar-refractivity contribution in [3.05, 3.63) is 65.6 Å². The number of anilines is 2. The SMILES string of the molecule is COC(=O)C1=C(C(=O)OC)N(c2ccc(C(=O)Nc3cccnc3)cc2)COC1. The van der Waals surface area contributed by atoms with Gasteiger partial charge in [-0.15, -0.1) is 0 Å². The molecule has 1 aliphatic rings. The van der Waals surface area contributed by atoms with Gasteiger partial charge in [0.15, 0.2) is 0 Å². The number of benzene rings is 1. The van der Waals surface area contributed by atoms with E-state index in [1.165, 1.54) is 19.1 Å². The van der Waals surface area contributed by atoms with Crippen LogP contribution in [0, 0.1) is 0 Å². The summed E-state index contributed by atoms with van der Waals surface area (Å²) in [6.45, 7) is -0.0363. The van der Waals surface area contributed by atoms with Crippen molar-refractivity contribution in [1.29, 1.82) is 0 Å². The maximum atomic E-state index is 12.4. The Morgan fingerprint density at radius 1 is 1.07 bits per heavy atom. The topological polar surface area (TPSA) is 107 Å². The summed E-state index contributed by atoms with van der Waals surface area (Å²) in [5.74, 6) is -1.67. The zero-order valence-corrected chi connectivity index (χ0v) is 15.9. The monoisotopic (exact) mass is 397 g/mol. The molecule has 9 heteroatoms. The highest BCUT2D eigenvalue weighted by molar-refractivity contribution is 6.05. The Balaban J connectivity index is 1.86. The van der Waals surface area contributed by atoms with Crippen LogP contribution in [0.4, 0.5) is 11.4 Å². The minimum Gasteiger partial charge on any atom is -0.466 e. The molecule has 0 aliphatic carbocycles. The molecule has 2 heterocycles. The maximum absolute atomic E-state index is 12.4. The van der Waals surface area contributed by atoms with E-state index in [0.717, 1.165) is 0 Å². The van der Waals surface area contributed by atoms with Crippen LogP contribution in [0.1, 0.15) is 10.4 Å². The molecule has 1 N–H and O–H groups in total. The molecule has 2 aromatic rings. The zero-order chi connectivity index (χ0) is 20.8. The van der Waals surface area contributed by atoms with Crippen molar-refractivity contribution >= 4 is 29.2 Å². The van der Waals surface area contributed by atoms with Crippen molar-refractivity contribution in [3.8, 4) is 0 Å². The molecule has 3 rings (SSSR count). The molecule has 0 bridgehead atoms. The van der Waals surface area contributed by atoms with Crippen molar-refractivity contribution in [1.82, 2.24) is 4.98 Å². The lowest BCUT2D eigenvalue weighted by Gasteiger charge is -2.31. The van der Waals surface area contributed by atoms with E-state index in [-0.39, 0.29) is 30.5 Å². The number of amides is 1. The number of methoxy groups -OCH3 is 2. The Morgan fingerprint density at radius 2 is 1.79 bits per heavy atom. The molecule has 150 valence electrons. The molecule has 0 radical (unpaired) electrons. The van der Waals surface area contributed by atoms with E-state index in [9.17, 15) is 14.4 Å². The number of hydrogen-bond acceptors (Lipinski definition) is 8. The van der Waals surface area contributed by atoms with Gasteiger partial charge in [0.1, 0.15) is 12.4 Å². The average molecular weight is 397 g/mol. The average Bonchev–Trinajstić information content (AvgIpc) is 2.78. The van der Waals surface area contributed by atoms with Gasteiger partial charge in [0.2, 0.25) is 0 Å². The number of nitrogens with zero attached hydrogens (tertiary/aromatic N) is 2. The second-order valence-electron chi connectivity index (χ2n) is 5.96. The number of nitrogens with one attached hydrogen (secondary N) is 1. The summed E-state index contributed by atoms with van der Waals surface area (Å²) in [6, 6.07) is 9.93. The van der Waals surface area contributed by atoms with Gasteiger partial charge in [-0.3, -0.25) is 9.78 Å². The summed E-state index contributed by atoms with van der Waals surface area (Å²) >= 11 is 0. The molecule has 0 saturated heterocycles. The van der Waals surface area contributed by atoms with Gasteiger partial charge in [0, 0.05) is 17.4 Å². The second-order valence-corrected chi connectivity index (χ2v) is 5.96. The van der Waals surface area contributed by atoms with Crippen LogP contribution in [-0.4, -0.2) is 50.4 Å². The standard InChI is InChI=1S/C20H19N3O6/c1-27-19(25)16-11-29-12-23(17(16)20(26)28-2)15-7-5-13(6-8-15)18(24)22-14-4-3-9-21-10-14/h3-10H,11-12H2,1-2H3,(H,22,24). The first-order valence-corrected chi connectivity index (χ1v) is 8.61. The highest BCUT2D eigenvalue weighted by Crippen LogP contribution is 2.27. The number of aromatic nitrogens is 1. The minimum absolute atomic E-state index is 0.0339. The molecule has 0 spiro atoms. The van der Waals surface area contributed by atoms with Crippen LogP contribution in [0.3, 0.4) is 0 Å². The first-order chi connectivity index (χ1) is 14.0. The molecule has 1 aromatic heterocycles. The third-order valence-corrected chi connectivity index (χ3v) is 4.19. The largest absolute Gasteiger partial charge is 0.466 e. The number of rotatable bonds is 5. The van der Waals surface area contributed by atoms with Gasteiger partial charge in [0.25, 0.3) is 5.91 Å². The van der Waals surface area contributed by atoms with Crippen LogP contribution < -0.4 is 10.2 Å². The van der Waals surface area contributed by atoms with Crippen LogP contribution in [0.25, 0.3) is 0 Å². The normalized spacial score (nSPS) is 13.7. The first kappa shape index (κ1) is 20.0. The second kappa shape index (κ2) is 8.98. The van der Waals surface area contributed by atoms with Crippen LogP contribution in [0.5, 0.6) is 0 Å². The molecule has 1 aliphatic heterocycles. The molecular formula is C20H19N3O6. The van der Waals surface area contributed by atoms with Gasteiger partial charge in [0.05, 0.1) is 38.3 Å². The van der Waals surface area contributed by atoms with E-state index < -0.39 is 11.9 Å². The highest BCUT2D eigenvalue weighted by atomic mass is 16.5. The smallest absolute Gasteiger partial charge is 0.355 e. The molecule has 0 saturated carbocycles. The van der Waals surface area contributed by atoms with Crippen molar-refractivity contribution in [2.75, 3.05) is 37.8 Å². The summed E-state index contributed by atoms with van der Waals surface area (Å²) in [7, 11) is 2.45. The predicted octanol–water partition coefficient (Wildman–Crippen LogP) is 1.73. The fourth-order valence-corrected chi connectivity index (χ4v) is 2.78. The summed E-state index contributed by atoms with van der Waals surface area (Å²) in [6.07, 6.45) is 3.15. The number of carbonyl (C=O) groups is 3. The zero-order valence-electron chi connectivity index (χ0n) is 15.9. The van der Waals surface area contributed by atoms with Crippen molar-refractivity contribution < 1.29 is 28.6 Å². The van der Waals surface area contributed by atoms with Gasteiger partial charge in [-0.1, -0.05) is 0 Å². The van der Waals surface area contributed by atoms with E-state index in [2.05, 4.69) is 10.3 Å². The van der Waals surface area contributed by atoms with E-state index in [0.29, 0.717) is 16.9 Å². The molecule has 9 nitrogen and oxygen atoms in total. The predicted molar refractivity (Wildman–Crippen MR) is 103 cm³/mol. The lowest BCUT2D eigenvalue weighted by atomic mass is 10.1. The van der Waals surface area contributed by atoms with Crippen LogP contribution in [-0.2, 0) is 23.8 Å². The van der Waals surface area contributed by atoms with Crippen molar-refractivity contribution in [2.45, 2.75) is 0 Å². The first-order valence-electron chi connectivity index (χ1n) is 8.61. The van der Waals surface area contributed by atoms with Crippen molar-refractivity contribution in [2.24, 2.45) is 0 Å². The fourth-order valence-electron chi connectivity index (χ4n) is 2.78. The molecule has 0 atom stereocenters. The number of esters is 2. The number of ether oxygens (including phenoxy) is 3. The number of hydrogen-bond donors (Lipinski definition) is 1. The van der Waals surface area contributed by atoms with Gasteiger partial charge in [-0.25, -0.2) is 9.59 Å². The van der Waals surface area contributed by atoms with E-state index in [1.54, 1.807) is 48.8 Å². The van der Waals surface area contributed by atoms with E-state index >= 15 is 0 Å². The van der Waals surface area contributed by atoms with Gasteiger partial charge in [-0.2, -0.15) is 0 Å². The Bertz CT molecular complexity index is 940. The lowest BCUT2D eigenvalue weighted by molar-refractivity contribution is -0.140. The Morgan fingerprint density at radius 3 is 2.41 bits per heavy atom. The lowest BCUT2D eigenvalue weighted by Crippen LogP contribution is -2.38.